The minimum absolute atomic E-state index is 0.00188. The highest BCUT2D eigenvalue weighted by molar-refractivity contribution is 9.11. The van der Waals surface area contributed by atoms with Gasteiger partial charge in [0.1, 0.15) is 5.56 Å². The Morgan fingerprint density at radius 2 is 1.96 bits per heavy atom. The molecule has 2 rings (SSSR count). The molecule has 0 fully saturated rings. The van der Waals surface area contributed by atoms with Crippen LogP contribution in [0.3, 0.4) is 0 Å². The average Bonchev–Trinajstić information content (AvgIpc) is 2.55. The fourth-order valence-electron chi connectivity index (χ4n) is 2.40. The SMILES string of the molecule is CCOC(=O)c1cc(Br)c(C(C)Br)n(-c2cccc(C(F)(F)F)c2)c1=O. The Bertz CT molecular complexity index is 892. The van der Waals surface area contributed by atoms with Gasteiger partial charge in [-0.1, -0.05) is 22.0 Å². The van der Waals surface area contributed by atoms with Crippen LogP contribution in [-0.2, 0) is 10.9 Å². The van der Waals surface area contributed by atoms with Crippen molar-refractivity contribution in [2.45, 2.75) is 24.9 Å². The predicted molar refractivity (Wildman–Crippen MR) is 98.0 cm³/mol. The molecule has 1 unspecified atom stereocenters. The molecule has 140 valence electrons. The Morgan fingerprint density at radius 3 is 2.50 bits per heavy atom. The minimum Gasteiger partial charge on any atom is -0.462 e. The highest BCUT2D eigenvalue weighted by Crippen LogP contribution is 2.33. The number of carbonyl (C=O) groups excluding carboxylic acids is 1. The van der Waals surface area contributed by atoms with Gasteiger partial charge < -0.3 is 4.74 Å². The Kier molecular flexibility index (Phi) is 6.33. The van der Waals surface area contributed by atoms with E-state index >= 15 is 0 Å². The number of esters is 1. The lowest BCUT2D eigenvalue weighted by Gasteiger charge is -2.19. The molecule has 4 nitrogen and oxygen atoms in total. The van der Waals surface area contributed by atoms with Gasteiger partial charge in [-0.25, -0.2) is 4.79 Å². The number of alkyl halides is 4. The van der Waals surface area contributed by atoms with Gasteiger partial charge in [0.2, 0.25) is 0 Å². The van der Waals surface area contributed by atoms with E-state index < -0.39 is 23.3 Å². The summed E-state index contributed by atoms with van der Waals surface area (Å²) in [5.41, 5.74) is -1.55. The number of benzene rings is 1. The molecule has 0 saturated heterocycles. The van der Waals surface area contributed by atoms with Crippen LogP contribution in [0, 0.1) is 0 Å². The number of carbonyl (C=O) groups is 1. The van der Waals surface area contributed by atoms with Crippen molar-refractivity contribution in [3.8, 4) is 5.69 Å². The van der Waals surface area contributed by atoms with E-state index in [4.69, 9.17) is 4.74 Å². The summed E-state index contributed by atoms with van der Waals surface area (Å²) in [5.74, 6) is -0.840. The zero-order valence-electron chi connectivity index (χ0n) is 13.7. The second-order valence-corrected chi connectivity index (χ2v) is 7.54. The number of rotatable bonds is 4. The molecule has 0 saturated carbocycles. The van der Waals surface area contributed by atoms with E-state index in [1.165, 1.54) is 18.2 Å². The van der Waals surface area contributed by atoms with Crippen LogP contribution in [0.15, 0.2) is 39.6 Å². The van der Waals surface area contributed by atoms with Crippen LogP contribution in [-0.4, -0.2) is 17.1 Å². The first kappa shape index (κ1) is 20.7. The van der Waals surface area contributed by atoms with Crippen LogP contribution < -0.4 is 5.56 Å². The van der Waals surface area contributed by atoms with Crippen molar-refractivity contribution >= 4 is 37.8 Å². The van der Waals surface area contributed by atoms with Gasteiger partial charge in [0, 0.05) is 10.2 Å². The monoisotopic (exact) mass is 495 g/mol. The summed E-state index contributed by atoms with van der Waals surface area (Å²) in [4.78, 5) is 24.5. The first-order valence-corrected chi connectivity index (χ1v) is 9.23. The summed E-state index contributed by atoms with van der Waals surface area (Å²) in [6, 6.07) is 5.67. The van der Waals surface area contributed by atoms with Crippen LogP contribution >= 0.6 is 31.9 Å². The van der Waals surface area contributed by atoms with Gasteiger partial charge in [0.15, 0.2) is 0 Å². The molecule has 1 aromatic carbocycles. The van der Waals surface area contributed by atoms with E-state index in [-0.39, 0.29) is 22.7 Å². The van der Waals surface area contributed by atoms with E-state index in [0.717, 1.165) is 16.7 Å². The second-order valence-electron chi connectivity index (χ2n) is 5.32. The third-order valence-electron chi connectivity index (χ3n) is 3.49. The molecule has 0 radical (unpaired) electrons. The Morgan fingerprint density at radius 1 is 1.31 bits per heavy atom. The van der Waals surface area contributed by atoms with Crippen molar-refractivity contribution in [1.82, 2.24) is 4.57 Å². The number of hydrogen-bond donors (Lipinski definition) is 0. The highest BCUT2D eigenvalue weighted by Gasteiger charge is 2.31. The predicted octanol–water partition coefficient (Wildman–Crippen LogP) is 5.25. The normalized spacial score (nSPS) is 12.7. The van der Waals surface area contributed by atoms with Crippen molar-refractivity contribution in [3.05, 3.63) is 62.0 Å². The van der Waals surface area contributed by atoms with Gasteiger partial charge in [-0.3, -0.25) is 9.36 Å². The summed E-state index contributed by atoms with van der Waals surface area (Å²) < 4.78 is 45.5. The van der Waals surface area contributed by atoms with Gasteiger partial charge in [-0.15, -0.1) is 0 Å². The minimum atomic E-state index is -4.56. The van der Waals surface area contributed by atoms with Crippen molar-refractivity contribution in [1.29, 1.82) is 0 Å². The van der Waals surface area contributed by atoms with Crippen molar-refractivity contribution in [2.75, 3.05) is 6.61 Å². The number of hydrogen-bond acceptors (Lipinski definition) is 3. The topological polar surface area (TPSA) is 48.3 Å². The van der Waals surface area contributed by atoms with E-state index in [2.05, 4.69) is 31.9 Å². The molecule has 0 aliphatic rings. The van der Waals surface area contributed by atoms with E-state index in [1.54, 1.807) is 13.8 Å². The molecule has 1 aromatic heterocycles. The van der Waals surface area contributed by atoms with Gasteiger partial charge in [0.05, 0.1) is 22.7 Å². The second kappa shape index (κ2) is 7.96. The largest absolute Gasteiger partial charge is 0.462 e. The first-order valence-electron chi connectivity index (χ1n) is 7.52. The van der Waals surface area contributed by atoms with Crippen molar-refractivity contribution < 1.29 is 22.7 Å². The average molecular weight is 497 g/mol. The standard InChI is InChI=1S/C17H14Br2F3NO3/c1-3-26-16(25)12-8-13(19)14(9(2)18)23(15(12)24)11-6-4-5-10(7-11)17(20,21)22/h4-9H,3H2,1-2H3. The molecular weight excluding hydrogens is 483 g/mol. The summed E-state index contributed by atoms with van der Waals surface area (Å²) in [7, 11) is 0. The van der Waals surface area contributed by atoms with Crippen LogP contribution in [0.5, 0.6) is 0 Å². The lowest BCUT2D eigenvalue weighted by Crippen LogP contribution is -2.29. The highest BCUT2D eigenvalue weighted by atomic mass is 79.9. The van der Waals surface area contributed by atoms with E-state index in [0.29, 0.717) is 10.2 Å². The van der Waals surface area contributed by atoms with Crippen LogP contribution in [0.25, 0.3) is 5.69 Å². The fraction of sp³-hybridized carbons (Fsp3) is 0.294. The van der Waals surface area contributed by atoms with Crippen LogP contribution in [0.2, 0.25) is 0 Å². The number of aromatic nitrogens is 1. The Labute approximate surface area is 164 Å². The third kappa shape index (κ3) is 4.20. The number of nitrogens with zero attached hydrogens (tertiary/aromatic N) is 1. The molecule has 0 N–H and O–H groups in total. The van der Waals surface area contributed by atoms with Gasteiger partial charge in [0.25, 0.3) is 5.56 Å². The third-order valence-corrected chi connectivity index (χ3v) is 4.56. The summed E-state index contributed by atoms with van der Waals surface area (Å²) in [5, 5.41) is 0. The number of ether oxygens (including phenoxy) is 1. The molecule has 0 bridgehead atoms. The summed E-state index contributed by atoms with van der Waals surface area (Å²) in [6.07, 6.45) is -4.56. The van der Waals surface area contributed by atoms with E-state index in [9.17, 15) is 22.8 Å². The molecule has 0 aliphatic heterocycles. The van der Waals surface area contributed by atoms with Crippen LogP contribution in [0.4, 0.5) is 13.2 Å². The molecule has 1 atom stereocenters. The zero-order chi connectivity index (χ0) is 19.6. The molecular formula is C17H14Br2F3NO3. The number of halogens is 5. The van der Waals surface area contributed by atoms with Gasteiger partial charge >= 0.3 is 12.1 Å². The van der Waals surface area contributed by atoms with E-state index in [1.807, 2.05) is 0 Å². The summed E-state index contributed by atoms with van der Waals surface area (Å²) in [6.45, 7) is 3.37. The molecule has 26 heavy (non-hydrogen) atoms. The lowest BCUT2D eigenvalue weighted by atomic mass is 10.1. The van der Waals surface area contributed by atoms with Crippen molar-refractivity contribution in [2.24, 2.45) is 0 Å². The molecule has 1 heterocycles. The van der Waals surface area contributed by atoms with Gasteiger partial charge in [-0.2, -0.15) is 13.2 Å². The Balaban J connectivity index is 2.82. The fourth-order valence-corrected chi connectivity index (χ4v) is 3.91. The molecule has 0 amide bonds. The molecule has 9 heteroatoms. The van der Waals surface area contributed by atoms with Gasteiger partial charge in [-0.05, 0) is 54.0 Å². The summed E-state index contributed by atoms with van der Waals surface area (Å²) >= 11 is 6.63. The molecule has 2 aromatic rings. The molecule has 0 aliphatic carbocycles. The quantitative estimate of drug-likeness (QED) is 0.429. The maximum atomic E-state index is 13.1. The Hall–Kier alpha value is -1.61. The van der Waals surface area contributed by atoms with Crippen LogP contribution in [0.1, 0.15) is 40.3 Å². The lowest BCUT2D eigenvalue weighted by molar-refractivity contribution is -0.137. The zero-order valence-corrected chi connectivity index (χ0v) is 16.9. The maximum Gasteiger partial charge on any atom is 0.416 e. The molecule has 0 spiro atoms. The first-order chi connectivity index (χ1) is 12.1. The van der Waals surface area contributed by atoms with Crippen molar-refractivity contribution in [3.63, 3.8) is 0 Å². The smallest absolute Gasteiger partial charge is 0.416 e. The maximum absolute atomic E-state index is 13.1. The number of pyridine rings is 1.